The van der Waals surface area contributed by atoms with Gasteiger partial charge in [0, 0.05) is 12.6 Å². The van der Waals surface area contributed by atoms with E-state index in [4.69, 9.17) is 5.73 Å². The average molecular weight is 324 g/mol. The highest BCUT2D eigenvalue weighted by molar-refractivity contribution is 6.02. The molecular weight excluding hydrogens is 300 g/mol. The minimum atomic E-state index is -0.610. The smallest absolute Gasteiger partial charge is 0.254 e. The van der Waals surface area contributed by atoms with Gasteiger partial charge in [-0.15, -0.1) is 0 Å². The summed E-state index contributed by atoms with van der Waals surface area (Å²) in [5.41, 5.74) is 7.91. The van der Waals surface area contributed by atoms with Crippen molar-refractivity contribution in [3.05, 3.63) is 60.2 Å². The SMILES string of the molecule is CC(C)CC(C(N)=O)N(C)C(=O)c1ccccc1-c1ccccc1. The summed E-state index contributed by atoms with van der Waals surface area (Å²) < 4.78 is 0. The molecule has 0 heterocycles. The summed E-state index contributed by atoms with van der Waals surface area (Å²) in [5, 5.41) is 0. The summed E-state index contributed by atoms with van der Waals surface area (Å²) in [6.07, 6.45) is 0.547. The summed E-state index contributed by atoms with van der Waals surface area (Å²) >= 11 is 0. The Morgan fingerprint density at radius 2 is 1.58 bits per heavy atom. The topological polar surface area (TPSA) is 63.4 Å². The molecule has 0 spiro atoms. The molecule has 2 aromatic rings. The van der Waals surface area contributed by atoms with Gasteiger partial charge in [-0.1, -0.05) is 62.4 Å². The quantitative estimate of drug-likeness (QED) is 0.886. The molecule has 4 nitrogen and oxygen atoms in total. The zero-order chi connectivity index (χ0) is 17.7. The number of nitrogens with zero attached hydrogens (tertiary/aromatic N) is 1. The molecule has 126 valence electrons. The maximum absolute atomic E-state index is 13.0. The maximum Gasteiger partial charge on any atom is 0.254 e. The first-order valence-corrected chi connectivity index (χ1v) is 8.12. The molecule has 0 radical (unpaired) electrons. The van der Waals surface area contributed by atoms with Crippen molar-refractivity contribution in [3.63, 3.8) is 0 Å². The predicted octanol–water partition coefficient (Wildman–Crippen LogP) is 3.33. The van der Waals surface area contributed by atoms with E-state index in [9.17, 15) is 9.59 Å². The van der Waals surface area contributed by atoms with Crippen molar-refractivity contribution in [2.75, 3.05) is 7.05 Å². The van der Waals surface area contributed by atoms with E-state index in [1.807, 2.05) is 62.4 Å². The van der Waals surface area contributed by atoms with Gasteiger partial charge in [-0.3, -0.25) is 9.59 Å². The van der Waals surface area contributed by atoms with Crippen LogP contribution in [-0.4, -0.2) is 29.8 Å². The van der Waals surface area contributed by atoms with Crippen molar-refractivity contribution in [3.8, 4) is 11.1 Å². The number of hydrogen-bond acceptors (Lipinski definition) is 2. The van der Waals surface area contributed by atoms with Gasteiger partial charge in [-0.25, -0.2) is 0 Å². The fourth-order valence-corrected chi connectivity index (χ4v) is 2.78. The van der Waals surface area contributed by atoms with Crippen molar-refractivity contribution in [2.24, 2.45) is 11.7 Å². The van der Waals surface area contributed by atoms with Crippen LogP contribution >= 0.6 is 0 Å². The second-order valence-electron chi connectivity index (χ2n) is 6.38. The van der Waals surface area contributed by atoms with Gasteiger partial charge in [-0.2, -0.15) is 0 Å². The van der Waals surface area contributed by atoms with Gasteiger partial charge < -0.3 is 10.6 Å². The van der Waals surface area contributed by atoms with Gasteiger partial charge in [0.1, 0.15) is 6.04 Å². The number of amides is 2. The van der Waals surface area contributed by atoms with Crippen LogP contribution in [0.3, 0.4) is 0 Å². The number of benzene rings is 2. The van der Waals surface area contributed by atoms with Crippen molar-refractivity contribution in [2.45, 2.75) is 26.3 Å². The number of carbonyl (C=O) groups is 2. The highest BCUT2D eigenvalue weighted by atomic mass is 16.2. The lowest BCUT2D eigenvalue weighted by Crippen LogP contribution is -2.46. The molecule has 2 rings (SSSR count). The highest BCUT2D eigenvalue weighted by Crippen LogP contribution is 2.25. The molecular formula is C20H24N2O2. The van der Waals surface area contributed by atoms with Crippen LogP contribution < -0.4 is 5.73 Å². The highest BCUT2D eigenvalue weighted by Gasteiger charge is 2.27. The number of likely N-dealkylation sites (N-methyl/N-ethyl adjacent to an activating group) is 1. The molecule has 2 amide bonds. The van der Waals surface area contributed by atoms with Gasteiger partial charge in [0.15, 0.2) is 0 Å². The van der Waals surface area contributed by atoms with Crippen molar-refractivity contribution in [1.82, 2.24) is 4.90 Å². The summed E-state index contributed by atoms with van der Waals surface area (Å²) in [4.78, 5) is 26.2. The number of carbonyl (C=O) groups excluding carboxylic acids is 2. The van der Waals surface area contributed by atoms with Gasteiger partial charge in [0.05, 0.1) is 0 Å². The van der Waals surface area contributed by atoms with Crippen LogP contribution in [0.1, 0.15) is 30.6 Å². The molecule has 0 fully saturated rings. The summed E-state index contributed by atoms with van der Waals surface area (Å²) in [7, 11) is 1.64. The Morgan fingerprint density at radius 1 is 1.00 bits per heavy atom. The molecule has 2 aromatic carbocycles. The minimum absolute atomic E-state index is 0.195. The van der Waals surface area contributed by atoms with E-state index in [1.165, 1.54) is 4.90 Å². The first-order valence-electron chi connectivity index (χ1n) is 8.12. The lowest BCUT2D eigenvalue weighted by Gasteiger charge is -2.27. The molecule has 2 N–H and O–H groups in total. The summed E-state index contributed by atoms with van der Waals surface area (Å²) in [5.74, 6) is -0.405. The van der Waals surface area contributed by atoms with Crippen molar-refractivity contribution < 1.29 is 9.59 Å². The third-order valence-electron chi connectivity index (χ3n) is 4.05. The van der Waals surface area contributed by atoms with Crippen LogP contribution in [0.25, 0.3) is 11.1 Å². The van der Waals surface area contributed by atoms with E-state index in [1.54, 1.807) is 13.1 Å². The van der Waals surface area contributed by atoms with Crippen LogP contribution in [0.4, 0.5) is 0 Å². The summed E-state index contributed by atoms with van der Waals surface area (Å²) in [6, 6.07) is 16.6. The van der Waals surface area contributed by atoms with E-state index in [0.717, 1.165) is 11.1 Å². The number of nitrogens with two attached hydrogens (primary N) is 1. The molecule has 0 saturated carbocycles. The predicted molar refractivity (Wildman–Crippen MR) is 96.4 cm³/mol. The Balaban J connectivity index is 2.37. The minimum Gasteiger partial charge on any atom is -0.368 e. The Kier molecular flexibility index (Phi) is 5.74. The van der Waals surface area contributed by atoms with Gasteiger partial charge >= 0.3 is 0 Å². The van der Waals surface area contributed by atoms with E-state index in [0.29, 0.717) is 12.0 Å². The van der Waals surface area contributed by atoms with E-state index in [2.05, 4.69) is 0 Å². The molecule has 0 saturated heterocycles. The maximum atomic E-state index is 13.0. The molecule has 1 atom stereocenters. The molecule has 0 aromatic heterocycles. The Morgan fingerprint density at radius 3 is 2.17 bits per heavy atom. The average Bonchev–Trinajstić information content (AvgIpc) is 2.59. The van der Waals surface area contributed by atoms with Crippen LogP contribution in [0, 0.1) is 5.92 Å². The Labute approximate surface area is 143 Å². The summed E-state index contributed by atoms with van der Waals surface area (Å²) in [6.45, 7) is 4.01. The Hall–Kier alpha value is -2.62. The largest absolute Gasteiger partial charge is 0.368 e. The van der Waals surface area contributed by atoms with Gasteiger partial charge in [0.2, 0.25) is 5.91 Å². The third-order valence-corrected chi connectivity index (χ3v) is 4.05. The van der Waals surface area contributed by atoms with Crippen molar-refractivity contribution in [1.29, 1.82) is 0 Å². The Bertz CT molecular complexity index is 711. The second kappa shape index (κ2) is 7.77. The standard InChI is InChI=1S/C20H24N2O2/c1-14(2)13-18(19(21)23)22(3)20(24)17-12-8-7-11-16(17)15-9-5-4-6-10-15/h4-12,14,18H,13H2,1-3H3,(H2,21,23). The van der Waals surface area contributed by atoms with Crippen LogP contribution in [0.2, 0.25) is 0 Å². The van der Waals surface area contributed by atoms with Gasteiger partial charge in [-0.05, 0) is 29.5 Å². The number of rotatable bonds is 6. The monoisotopic (exact) mass is 324 g/mol. The number of hydrogen-bond donors (Lipinski definition) is 1. The molecule has 0 bridgehead atoms. The number of primary amides is 1. The normalized spacial score (nSPS) is 12.0. The fourth-order valence-electron chi connectivity index (χ4n) is 2.78. The van der Waals surface area contributed by atoms with E-state index < -0.39 is 11.9 Å². The molecule has 0 aliphatic heterocycles. The fraction of sp³-hybridized carbons (Fsp3) is 0.300. The molecule has 1 unspecified atom stereocenters. The van der Waals surface area contributed by atoms with E-state index in [-0.39, 0.29) is 11.8 Å². The van der Waals surface area contributed by atoms with Crippen LogP contribution in [-0.2, 0) is 4.79 Å². The third kappa shape index (κ3) is 4.02. The lowest BCUT2D eigenvalue weighted by atomic mass is 9.97. The van der Waals surface area contributed by atoms with E-state index >= 15 is 0 Å². The molecule has 0 aliphatic carbocycles. The first kappa shape index (κ1) is 17.7. The lowest BCUT2D eigenvalue weighted by molar-refractivity contribution is -0.122. The molecule has 0 aliphatic rings. The molecule has 24 heavy (non-hydrogen) atoms. The van der Waals surface area contributed by atoms with Crippen molar-refractivity contribution >= 4 is 11.8 Å². The van der Waals surface area contributed by atoms with Crippen LogP contribution in [0.5, 0.6) is 0 Å². The van der Waals surface area contributed by atoms with Crippen LogP contribution in [0.15, 0.2) is 54.6 Å². The van der Waals surface area contributed by atoms with Gasteiger partial charge in [0.25, 0.3) is 5.91 Å². The second-order valence-corrected chi connectivity index (χ2v) is 6.38. The molecule has 4 heteroatoms. The zero-order valence-corrected chi connectivity index (χ0v) is 14.4. The zero-order valence-electron chi connectivity index (χ0n) is 14.4. The first-order chi connectivity index (χ1) is 11.4.